The van der Waals surface area contributed by atoms with Crippen molar-refractivity contribution in [2.45, 2.75) is 36.4 Å². The highest BCUT2D eigenvalue weighted by molar-refractivity contribution is 14.1. The summed E-state index contributed by atoms with van der Waals surface area (Å²) in [6.45, 7) is 4.20. The van der Waals surface area contributed by atoms with Crippen LogP contribution in [0.2, 0.25) is 0 Å². The number of ether oxygens (including phenoxy) is 1. The average Bonchev–Trinajstić information content (AvgIpc) is 2.43. The molecule has 2 rings (SSSR count). The highest BCUT2D eigenvalue weighted by Gasteiger charge is 2.31. The van der Waals surface area contributed by atoms with Gasteiger partial charge < -0.3 is 4.74 Å². The van der Waals surface area contributed by atoms with Crippen molar-refractivity contribution in [3.63, 3.8) is 0 Å². The molecule has 1 aromatic rings. The van der Waals surface area contributed by atoms with Crippen LogP contribution in [0.3, 0.4) is 0 Å². The van der Waals surface area contributed by atoms with Crippen molar-refractivity contribution >= 4 is 22.6 Å². The molecular formula is C12H15IO. The molecule has 0 bridgehead atoms. The van der Waals surface area contributed by atoms with Gasteiger partial charge in [0.15, 0.2) is 0 Å². The molecule has 0 heterocycles. The highest BCUT2D eigenvalue weighted by Crippen LogP contribution is 2.39. The van der Waals surface area contributed by atoms with E-state index in [1.165, 1.54) is 11.1 Å². The predicted molar refractivity (Wildman–Crippen MR) is 66.9 cm³/mol. The van der Waals surface area contributed by atoms with Gasteiger partial charge in [0.05, 0.1) is 12.2 Å². The number of fused-ring (bicyclic) bond motifs is 1. The van der Waals surface area contributed by atoms with E-state index in [1.807, 2.05) is 0 Å². The topological polar surface area (TPSA) is 9.23 Å². The van der Waals surface area contributed by atoms with Gasteiger partial charge in [-0.25, -0.2) is 0 Å². The van der Waals surface area contributed by atoms with Crippen molar-refractivity contribution < 1.29 is 4.74 Å². The number of hydrogen-bond acceptors (Lipinski definition) is 1. The van der Waals surface area contributed by atoms with Gasteiger partial charge in [0, 0.05) is 3.92 Å². The number of rotatable bonds is 2. The molecule has 0 N–H and O–H groups in total. The average molecular weight is 302 g/mol. The summed E-state index contributed by atoms with van der Waals surface area (Å²) in [5.74, 6) is 0. The van der Waals surface area contributed by atoms with Crippen molar-refractivity contribution in [2.24, 2.45) is 0 Å². The second kappa shape index (κ2) is 4.19. The van der Waals surface area contributed by atoms with Crippen molar-refractivity contribution in [1.29, 1.82) is 0 Å². The van der Waals surface area contributed by atoms with Crippen LogP contribution in [0.15, 0.2) is 24.3 Å². The summed E-state index contributed by atoms with van der Waals surface area (Å²) in [5.41, 5.74) is 2.85. The number of hydrogen-bond donors (Lipinski definition) is 0. The smallest absolute Gasteiger partial charge is 0.0951 e. The van der Waals surface area contributed by atoms with Crippen LogP contribution in [-0.2, 0) is 11.2 Å². The third kappa shape index (κ3) is 1.96. The first-order chi connectivity index (χ1) is 6.68. The molecule has 2 unspecified atom stereocenters. The van der Waals surface area contributed by atoms with Crippen molar-refractivity contribution in [1.82, 2.24) is 0 Å². The molecule has 0 radical (unpaired) electrons. The van der Waals surface area contributed by atoms with E-state index in [4.69, 9.17) is 4.74 Å². The number of benzene rings is 1. The van der Waals surface area contributed by atoms with E-state index >= 15 is 0 Å². The molecule has 0 saturated carbocycles. The molecule has 0 spiro atoms. The maximum atomic E-state index is 5.94. The van der Waals surface area contributed by atoms with E-state index in [0.717, 1.165) is 6.42 Å². The summed E-state index contributed by atoms with van der Waals surface area (Å²) in [7, 11) is 0. The standard InChI is InChI=1S/C12H15IO/c1-8(2)14-12-10-6-4-3-5-9(10)7-11(12)13/h3-6,8,11-12H,7H2,1-2H3. The Labute approximate surface area is 99.0 Å². The molecule has 0 fully saturated rings. The third-order valence-electron chi connectivity index (χ3n) is 2.52. The van der Waals surface area contributed by atoms with Crippen LogP contribution >= 0.6 is 22.6 Å². The van der Waals surface area contributed by atoms with Gasteiger partial charge in [-0.2, -0.15) is 0 Å². The first kappa shape index (κ1) is 10.4. The maximum Gasteiger partial charge on any atom is 0.0951 e. The molecule has 1 aromatic carbocycles. The first-order valence-electron chi connectivity index (χ1n) is 5.06. The quantitative estimate of drug-likeness (QED) is 0.600. The van der Waals surface area contributed by atoms with Crippen molar-refractivity contribution in [3.8, 4) is 0 Å². The Morgan fingerprint density at radius 2 is 2.07 bits per heavy atom. The van der Waals surface area contributed by atoms with Crippen LogP contribution in [0.4, 0.5) is 0 Å². The minimum absolute atomic E-state index is 0.298. The molecule has 0 saturated heterocycles. The molecule has 1 aliphatic rings. The summed E-state index contributed by atoms with van der Waals surface area (Å²) in [5, 5.41) is 0. The second-order valence-electron chi connectivity index (χ2n) is 4.02. The molecule has 14 heavy (non-hydrogen) atoms. The predicted octanol–water partition coefficient (Wildman–Crippen LogP) is 3.51. The zero-order valence-corrected chi connectivity index (χ0v) is 10.7. The molecule has 0 aromatic heterocycles. The minimum atomic E-state index is 0.298. The Bertz CT molecular complexity index is 322. The first-order valence-corrected chi connectivity index (χ1v) is 6.30. The SMILES string of the molecule is CC(C)OC1c2ccccc2CC1I. The fourth-order valence-corrected chi connectivity index (χ4v) is 2.99. The Balaban J connectivity index is 2.25. The van der Waals surface area contributed by atoms with Gasteiger partial charge in [-0.3, -0.25) is 0 Å². The van der Waals surface area contributed by atoms with E-state index in [-0.39, 0.29) is 0 Å². The van der Waals surface area contributed by atoms with E-state index in [2.05, 4.69) is 60.7 Å². The Hall–Kier alpha value is -0.0900. The van der Waals surface area contributed by atoms with E-state index < -0.39 is 0 Å². The van der Waals surface area contributed by atoms with Crippen LogP contribution in [-0.4, -0.2) is 10.0 Å². The zero-order chi connectivity index (χ0) is 10.1. The second-order valence-corrected chi connectivity index (χ2v) is 5.62. The number of alkyl halides is 1. The third-order valence-corrected chi connectivity index (χ3v) is 3.62. The highest BCUT2D eigenvalue weighted by atomic mass is 127. The zero-order valence-electron chi connectivity index (χ0n) is 8.53. The van der Waals surface area contributed by atoms with Gasteiger partial charge in [-0.05, 0) is 31.4 Å². The lowest BCUT2D eigenvalue weighted by Gasteiger charge is -2.19. The largest absolute Gasteiger partial charge is 0.370 e. The summed E-state index contributed by atoms with van der Waals surface area (Å²) < 4.78 is 6.53. The number of halogens is 1. The summed E-state index contributed by atoms with van der Waals surface area (Å²) in [6.07, 6.45) is 1.75. The van der Waals surface area contributed by atoms with Gasteiger partial charge in [-0.15, -0.1) is 0 Å². The van der Waals surface area contributed by atoms with Crippen LogP contribution in [0.1, 0.15) is 31.1 Å². The van der Waals surface area contributed by atoms with Crippen molar-refractivity contribution in [2.75, 3.05) is 0 Å². The molecular weight excluding hydrogens is 287 g/mol. The van der Waals surface area contributed by atoms with Crippen LogP contribution in [0.25, 0.3) is 0 Å². The van der Waals surface area contributed by atoms with Crippen molar-refractivity contribution in [3.05, 3.63) is 35.4 Å². The molecule has 76 valence electrons. The molecule has 1 nitrogen and oxygen atoms in total. The summed E-state index contributed by atoms with van der Waals surface area (Å²) >= 11 is 2.50. The fourth-order valence-electron chi connectivity index (χ4n) is 1.96. The van der Waals surface area contributed by atoms with Gasteiger partial charge in [0.1, 0.15) is 0 Å². The lowest BCUT2D eigenvalue weighted by molar-refractivity contribution is 0.0136. The van der Waals surface area contributed by atoms with Gasteiger partial charge in [0.2, 0.25) is 0 Å². The monoisotopic (exact) mass is 302 g/mol. The van der Waals surface area contributed by atoms with E-state index in [1.54, 1.807) is 0 Å². The summed E-state index contributed by atoms with van der Waals surface area (Å²) in [4.78, 5) is 0. The molecule has 0 aliphatic heterocycles. The normalized spacial score (nSPS) is 25.4. The summed E-state index contributed by atoms with van der Waals surface area (Å²) in [6, 6.07) is 8.62. The minimum Gasteiger partial charge on any atom is -0.370 e. The van der Waals surface area contributed by atoms with Gasteiger partial charge in [0.25, 0.3) is 0 Å². The maximum absolute atomic E-state index is 5.94. The lowest BCUT2D eigenvalue weighted by Crippen LogP contribution is -2.15. The molecule has 1 aliphatic carbocycles. The lowest BCUT2D eigenvalue weighted by atomic mass is 10.1. The molecule has 2 heteroatoms. The van der Waals surface area contributed by atoms with Gasteiger partial charge in [-0.1, -0.05) is 46.9 Å². The van der Waals surface area contributed by atoms with E-state index in [9.17, 15) is 0 Å². The van der Waals surface area contributed by atoms with Crippen LogP contribution < -0.4 is 0 Å². The Morgan fingerprint density at radius 1 is 1.36 bits per heavy atom. The van der Waals surface area contributed by atoms with Crippen LogP contribution in [0, 0.1) is 0 Å². The van der Waals surface area contributed by atoms with Gasteiger partial charge >= 0.3 is 0 Å². The fraction of sp³-hybridized carbons (Fsp3) is 0.500. The van der Waals surface area contributed by atoms with E-state index in [0.29, 0.717) is 16.1 Å². The van der Waals surface area contributed by atoms with Crippen LogP contribution in [0.5, 0.6) is 0 Å². The molecule has 2 atom stereocenters. The Morgan fingerprint density at radius 3 is 2.79 bits per heavy atom. The molecule has 0 amide bonds. The Kier molecular flexibility index (Phi) is 3.12.